The van der Waals surface area contributed by atoms with Crippen LogP contribution in [-0.4, -0.2) is 8.07 Å². The zero-order valence-electron chi connectivity index (χ0n) is 29.8. The Morgan fingerprint density at radius 2 is 1.00 bits per heavy atom. The number of hydrogen-bond donors (Lipinski definition) is 0. The van der Waals surface area contributed by atoms with Gasteiger partial charge in [0.1, 0.15) is 0 Å². The molecule has 2 atom stereocenters. The molecule has 5 heteroatoms. The largest absolute Gasteiger partial charge is 4.00 e. The molecule has 0 radical (unpaired) electrons. The molecule has 3 aromatic carbocycles. The minimum atomic E-state index is -2.74. The van der Waals surface area contributed by atoms with Crippen molar-refractivity contribution in [2.45, 2.75) is 114 Å². The molecule has 0 heterocycles. The van der Waals surface area contributed by atoms with Gasteiger partial charge in [-0.3, -0.25) is 6.08 Å². The molecule has 4 rings (SSSR count). The van der Waals surface area contributed by atoms with Crippen molar-refractivity contribution in [1.29, 1.82) is 0 Å². The Kier molecular flexibility index (Phi) is 16.0. The van der Waals surface area contributed by atoms with E-state index in [9.17, 15) is 0 Å². The molecule has 0 amide bonds. The molecule has 0 saturated carbocycles. The van der Waals surface area contributed by atoms with Crippen molar-refractivity contribution in [1.82, 2.24) is 0 Å². The summed E-state index contributed by atoms with van der Waals surface area (Å²) in [7, 11) is -2.74. The molecule has 1 aliphatic rings. The third-order valence-electron chi connectivity index (χ3n) is 9.29. The monoisotopic (exact) mass is 714 g/mol. The maximum absolute atomic E-state index is 3.88. The average Bonchev–Trinajstić information content (AvgIpc) is 3.14. The molecule has 0 saturated heterocycles. The van der Waals surface area contributed by atoms with Gasteiger partial charge < -0.3 is 37.2 Å². The van der Waals surface area contributed by atoms with Crippen LogP contribution in [0.1, 0.15) is 110 Å². The number of hydrogen-bond acceptors (Lipinski definition) is 0. The summed E-state index contributed by atoms with van der Waals surface area (Å²) in [5.74, 6) is 0.272. The summed E-state index contributed by atoms with van der Waals surface area (Å²) in [6.07, 6.45) is 5.98. The van der Waals surface area contributed by atoms with Crippen molar-refractivity contribution in [2.75, 3.05) is 0 Å². The topological polar surface area (TPSA) is 0 Å². The van der Waals surface area contributed by atoms with Gasteiger partial charge in [0.15, 0.2) is 8.07 Å². The van der Waals surface area contributed by atoms with E-state index in [4.69, 9.17) is 0 Å². The molecule has 242 valence electrons. The summed E-state index contributed by atoms with van der Waals surface area (Å²) >= 11 is 0. The van der Waals surface area contributed by atoms with Crippen LogP contribution in [0, 0.1) is 25.8 Å². The van der Waals surface area contributed by atoms with Gasteiger partial charge in [0.25, 0.3) is 0 Å². The fraction of sp³-hybridized carbons (Fsp3) is 0.450. The first-order chi connectivity index (χ1) is 19.0. The minimum Gasteiger partial charge on any atom is -1.00 e. The van der Waals surface area contributed by atoms with Crippen LogP contribution in [-0.2, 0) is 45.4 Å². The first kappa shape index (κ1) is 43.9. The minimum absolute atomic E-state index is 0. The third-order valence-corrected chi connectivity index (χ3v) is 14.4. The maximum Gasteiger partial charge on any atom is 4.00 e. The Balaban J connectivity index is 0.00000484. The first-order valence-electron chi connectivity index (χ1n) is 15.7. The second kappa shape index (κ2) is 16.4. The summed E-state index contributed by atoms with van der Waals surface area (Å²) in [5, 5.41) is 6.17. The summed E-state index contributed by atoms with van der Waals surface area (Å²) in [4.78, 5) is 0. The van der Waals surface area contributed by atoms with Gasteiger partial charge in [-0.05, 0) is 75.3 Å². The SMILES string of the molecule is CCc1cc(CC)cc([Si](C2=C(C)C(C)=[C-]C2C)(c2cc(C)cc(C)c2)c2cc(C(C)(C)C)cc(C(C)(C)C)c2)c1.[Cl-].[Cl-].[Cl-].[Ti+4]. The van der Waals surface area contributed by atoms with Crippen LogP contribution in [0.3, 0.4) is 0 Å². The Morgan fingerprint density at radius 3 is 1.36 bits per heavy atom. The van der Waals surface area contributed by atoms with E-state index in [1.165, 1.54) is 60.1 Å². The number of halogens is 3. The Bertz CT molecular complexity index is 1460. The van der Waals surface area contributed by atoms with E-state index in [1.54, 1.807) is 5.20 Å². The number of rotatable bonds is 6. The summed E-state index contributed by atoms with van der Waals surface area (Å²) in [5.41, 5.74) is 11.3. The van der Waals surface area contributed by atoms with Crippen molar-refractivity contribution in [3.63, 3.8) is 0 Å². The fourth-order valence-corrected chi connectivity index (χ4v) is 12.7. The predicted octanol–water partition coefficient (Wildman–Crippen LogP) is -0.242. The first-order valence-corrected chi connectivity index (χ1v) is 17.7. The molecule has 0 fully saturated rings. The third kappa shape index (κ3) is 8.70. The van der Waals surface area contributed by atoms with E-state index in [2.05, 4.69) is 151 Å². The van der Waals surface area contributed by atoms with Crippen LogP contribution in [0.25, 0.3) is 0 Å². The van der Waals surface area contributed by atoms with E-state index >= 15 is 0 Å². The van der Waals surface area contributed by atoms with Gasteiger partial charge in [-0.1, -0.05) is 141 Å². The van der Waals surface area contributed by atoms with Crippen molar-refractivity contribution >= 4 is 23.6 Å². The quantitative estimate of drug-likeness (QED) is 0.188. The van der Waals surface area contributed by atoms with E-state index in [1.807, 2.05) is 0 Å². The van der Waals surface area contributed by atoms with Crippen molar-refractivity contribution < 1.29 is 58.9 Å². The van der Waals surface area contributed by atoms with Crippen LogP contribution in [0.15, 0.2) is 70.9 Å². The summed E-state index contributed by atoms with van der Waals surface area (Å²) in [6, 6.07) is 22.6. The van der Waals surface area contributed by atoms with E-state index in [0.29, 0.717) is 0 Å². The standard InChI is InChI=1S/C40H53Si.3ClH.Ti/c1-14-31-20-32(15-2)22-36(21-31)41(35-17-26(3)16-27(4)18-35,38-29(6)19-28(5)30(38)7)37-24-33(39(8,9)10)23-34(25-37)40(11,12)13;;;;/h16-18,20-25,29H,14-15H2,1-13H3;3*1H;/q-1;;;;+4/p-3. The molecular formula is C40H53Cl3SiTi. The van der Waals surface area contributed by atoms with E-state index < -0.39 is 8.07 Å². The average molecular weight is 716 g/mol. The predicted molar refractivity (Wildman–Crippen MR) is 184 cm³/mol. The van der Waals surface area contributed by atoms with E-state index in [-0.39, 0.29) is 75.7 Å². The Labute approximate surface area is 310 Å². The molecule has 3 aromatic rings. The van der Waals surface area contributed by atoms with Crippen LogP contribution >= 0.6 is 0 Å². The molecule has 0 bridgehead atoms. The number of allylic oxidation sites excluding steroid dienone is 4. The van der Waals surface area contributed by atoms with Crippen molar-refractivity contribution in [2.24, 2.45) is 5.92 Å². The van der Waals surface area contributed by atoms with Crippen LogP contribution in [0.2, 0.25) is 0 Å². The Morgan fingerprint density at radius 1 is 0.600 bits per heavy atom. The zero-order chi connectivity index (χ0) is 30.5. The van der Waals surface area contributed by atoms with Gasteiger partial charge in [-0.25, -0.2) is 11.1 Å². The molecule has 0 nitrogen and oxygen atoms in total. The van der Waals surface area contributed by atoms with Gasteiger partial charge in [-0.15, -0.1) is 6.92 Å². The van der Waals surface area contributed by atoms with Gasteiger partial charge in [0.05, 0.1) is 0 Å². The molecule has 0 N–H and O–H groups in total. The molecule has 45 heavy (non-hydrogen) atoms. The summed E-state index contributed by atoms with van der Waals surface area (Å²) < 4.78 is 0. The van der Waals surface area contributed by atoms with Gasteiger partial charge in [-0.2, -0.15) is 5.20 Å². The van der Waals surface area contributed by atoms with Gasteiger partial charge in [0, 0.05) is 0 Å². The Hall–Kier alpha value is -1.06. The van der Waals surface area contributed by atoms with Crippen LogP contribution in [0.5, 0.6) is 0 Å². The van der Waals surface area contributed by atoms with Crippen molar-refractivity contribution in [3.05, 3.63) is 110 Å². The summed E-state index contributed by atoms with van der Waals surface area (Å²) in [6.45, 7) is 30.4. The van der Waals surface area contributed by atoms with Gasteiger partial charge in [0.2, 0.25) is 0 Å². The molecule has 0 aliphatic heterocycles. The second-order valence-electron chi connectivity index (χ2n) is 14.7. The smallest absolute Gasteiger partial charge is 1.00 e. The molecule has 0 spiro atoms. The normalized spacial score (nSPS) is 16.0. The molecule has 2 unspecified atom stereocenters. The molecule has 1 aliphatic carbocycles. The fourth-order valence-electron chi connectivity index (χ4n) is 6.89. The van der Waals surface area contributed by atoms with Crippen LogP contribution < -0.4 is 52.8 Å². The maximum atomic E-state index is 3.88. The van der Waals surface area contributed by atoms with Crippen LogP contribution in [0.4, 0.5) is 0 Å². The van der Waals surface area contributed by atoms with E-state index in [0.717, 1.165) is 12.8 Å². The molecule has 0 aromatic heterocycles. The second-order valence-corrected chi connectivity index (χ2v) is 18.5. The zero-order valence-corrected chi connectivity index (χ0v) is 34.7. The number of benzene rings is 3. The van der Waals surface area contributed by atoms with Gasteiger partial charge >= 0.3 is 21.7 Å². The molecular weight excluding hydrogens is 663 g/mol. The number of aryl methyl sites for hydroxylation is 4. The van der Waals surface area contributed by atoms with Crippen molar-refractivity contribution in [3.8, 4) is 0 Å².